The zero-order valence-corrected chi connectivity index (χ0v) is 19.0. The number of benzene rings is 1. The van der Waals surface area contributed by atoms with Gasteiger partial charge in [0, 0.05) is 58.5 Å². The lowest BCUT2D eigenvalue weighted by atomic mass is 10.2. The molecule has 1 aromatic rings. The molecule has 2 rings (SSSR count). The van der Waals surface area contributed by atoms with Gasteiger partial charge in [-0.2, -0.15) is 17.5 Å². The summed E-state index contributed by atoms with van der Waals surface area (Å²) in [6, 6.07) is 3.96. The summed E-state index contributed by atoms with van der Waals surface area (Å²) in [6.45, 7) is 5.35. The Labute approximate surface area is 185 Å². The summed E-state index contributed by atoms with van der Waals surface area (Å²) in [7, 11) is -3.82. The molecule has 1 heterocycles. The number of hydrogen-bond acceptors (Lipinski definition) is 7. The summed E-state index contributed by atoms with van der Waals surface area (Å²) in [5.74, 6) is 0. The van der Waals surface area contributed by atoms with Gasteiger partial charge in [-0.05, 0) is 18.6 Å². The third kappa shape index (κ3) is 7.02. The number of sulfonamides is 1. The van der Waals surface area contributed by atoms with Gasteiger partial charge in [0.15, 0.2) is 0 Å². The van der Waals surface area contributed by atoms with E-state index in [9.17, 15) is 31.7 Å². The molecular formula is C19H29F3N4O5S. The summed E-state index contributed by atoms with van der Waals surface area (Å²) in [5.41, 5.74) is 0.0777. The first kappa shape index (κ1) is 26.3. The second-order valence-electron chi connectivity index (χ2n) is 7.35. The number of nitro benzene ring substituents is 1. The topological polar surface area (TPSA) is 96.2 Å². The first-order chi connectivity index (χ1) is 15.0. The zero-order chi connectivity index (χ0) is 23.9. The number of halogens is 3. The Morgan fingerprint density at radius 1 is 1.16 bits per heavy atom. The number of anilines is 1. The molecule has 0 N–H and O–H groups in total. The van der Waals surface area contributed by atoms with Crippen molar-refractivity contribution in [1.29, 1.82) is 0 Å². The van der Waals surface area contributed by atoms with E-state index < -0.39 is 27.7 Å². The fourth-order valence-corrected chi connectivity index (χ4v) is 5.06. The molecular weight excluding hydrogens is 453 g/mol. The van der Waals surface area contributed by atoms with Crippen LogP contribution in [0.25, 0.3) is 0 Å². The minimum Gasteiger partial charge on any atom is -0.372 e. The molecule has 0 spiro atoms. The molecule has 1 aliphatic rings. The van der Waals surface area contributed by atoms with Gasteiger partial charge >= 0.3 is 6.18 Å². The lowest BCUT2D eigenvalue weighted by Gasteiger charge is -2.35. The lowest BCUT2D eigenvalue weighted by Crippen LogP contribution is -2.47. The van der Waals surface area contributed by atoms with Crippen LogP contribution in [-0.4, -0.2) is 87.7 Å². The third-order valence-electron chi connectivity index (χ3n) is 5.23. The van der Waals surface area contributed by atoms with Crippen molar-refractivity contribution in [3.8, 4) is 0 Å². The largest absolute Gasteiger partial charge is 0.411 e. The smallest absolute Gasteiger partial charge is 0.372 e. The molecule has 0 bridgehead atoms. The number of hydrogen-bond donors (Lipinski definition) is 0. The monoisotopic (exact) mass is 482 g/mol. The van der Waals surface area contributed by atoms with Gasteiger partial charge < -0.3 is 9.64 Å². The highest BCUT2D eigenvalue weighted by atomic mass is 32.2. The Balaban J connectivity index is 2.00. The second-order valence-corrected chi connectivity index (χ2v) is 9.28. The van der Waals surface area contributed by atoms with Gasteiger partial charge in [0.2, 0.25) is 10.0 Å². The molecule has 32 heavy (non-hydrogen) atoms. The second kappa shape index (κ2) is 11.3. The Morgan fingerprint density at radius 2 is 1.78 bits per heavy atom. The molecule has 0 atom stereocenters. The fourth-order valence-electron chi connectivity index (χ4n) is 3.58. The van der Waals surface area contributed by atoms with Gasteiger partial charge in [0.1, 0.15) is 12.3 Å². The van der Waals surface area contributed by atoms with E-state index in [1.54, 1.807) is 13.8 Å². The van der Waals surface area contributed by atoms with Crippen LogP contribution in [0.15, 0.2) is 23.1 Å². The maximum Gasteiger partial charge on any atom is 0.411 e. The molecule has 1 aliphatic heterocycles. The van der Waals surface area contributed by atoms with Crippen LogP contribution in [0, 0.1) is 10.1 Å². The average molecular weight is 483 g/mol. The van der Waals surface area contributed by atoms with Crippen LogP contribution in [0.4, 0.5) is 24.5 Å². The Kier molecular flexibility index (Phi) is 9.25. The van der Waals surface area contributed by atoms with E-state index in [0.29, 0.717) is 44.8 Å². The van der Waals surface area contributed by atoms with Crippen LogP contribution in [0.2, 0.25) is 0 Å². The standard InChI is InChI=1S/C19H29F3N4O5S/c1-3-25(4-2)32(29,30)16-6-7-17(18(14-16)26(27)28)24-11-9-23(10-12-24)8-5-13-31-15-19(20,21)22/h6-7,14H,3-5,8-13,15H2,1-2H3. The number of rotatable bonds is 11. The average Bonchev–Trinajstić information content (AvgIpc) is 2.73. The van der Waals surface area contributed by atoms with Gasteiger partial charge in [-0.3, -0.25) is 15.0 Å². The van der Waals surface area contributed by atoms with Crippen molar-refractivity contribution < 1.29 is 31.2 Å². The predicted molar refractivity (Wildman–Crippen MR) is 113 cm³/mol. The van der Waals surface area contributed by atoms with Crippen molar-refractivity contribution in [2.24, 2.45) is 0 Å². The van der Waals surface area contributed by atoms with Crippen LogP contribution in [0.3, 0.4) is 0 Å². The number of alkyl halides is 3. The predicted octanol–water partition coefficient (Wildman–Crippen LogP) is 2.72. The first-order valence-electron chi connectivity index (χ1n) is 10.4. The molecule has 182 valence electrons. The highest BCUT2D eigenvalue weighted by Crippen LogP contribution is 2.32. The van der Waals surface area contributed by atoms with Crippen LogP contribution >= 0.6 is 0 Å². The van der Waals surface area contributed by atoms with Gasteiger partial charge in [-0.25, -0.2) is 8.42 Å². The summed E-state index contributed by atoms with van der Waals surface area (Å²) < 4.78 is 67.5. The summed E-state index contributed by atoms with van der Waals surface area (Å²) in [5, 5.41) is 11.7. The SMILES string of the molecule is CCN(CC)S(=O)(=O)c1ccc(N2CCN(CCCOCC(F)(F)F)CC2)c([N+](=O)[O-])c1. The van der Waals surface area contributed by atoms with Crippen molar-refractivity contribution in [3.63, 3.8) is 0 Å². The fraction of sp³-hybridized carbons (Fsp3) is 0.684. The Morgan fingerprint density at radius 3 is 2.31 bits per heavy atom. The molecule has 1 saturated heterocycles. The van der Waals surface area contributed by atoms with E-state index in [1.165, 1.54) is 16.4 Å². The Hall–Kier alpha value is -1.96. The number of nitrogens with zero attached hydrogens (tertiary/aromatic N) is 4. The minimum atomic E-state index is -4.33. The van der Waals surface area contributed by atoms with Crippen LogP contribution in [0.1, 0.15) is 20.3 Å². The quantitative estimate of drug-likeness (QED) is 0.272. The van der Waals surface area contributed by atoms with E-state index in [4.69, 9.17) is 0 Å². The zero-order valence-electron chi connectivity index (χ0n) is 18.2. The molecule has 0 unspecified atom stereocenters. The van der Waals surface area contributed by atoms with Gasteiger partial charge in [-0.1, -0.05) is 13.8 Å². The number of ether oxygens (including phenoxy) is 1. The maximum atomic E-state index is 12.7. The molecule has 0 radical (unpaired) electrons. The van der Waals surface area contributed by atoms with Crippen molar-refractivity contribution in [2.75, 3.05) is 63.9 Å². The molecule has 1 fully saturated rings. The van der Waals surface area contributed by atoms with E-state index in [2.05, 4.69) is 9.64 Å². The number of nitro groups is 1. The summed E-state index contributed by atoms with van der Waals surface area (Å²) in [4.78, 5) is 14.8. The van der Waals surface area contributed by atoms with Crippen molar-refractivity contribution in [2.45, 2.75) is 31.3 Å². The molecule has 0 saturated carbocycles. The highest BCUT2D eigenvalue weighted by molar-refractivity contribution is 7.89. The lowest BCUT2D eigenvalue weighted by molar-refractivity contribution is -0.384. The minimum absolute atomic E-state index is 0.00761. The Bertz CT molecular complexity index is 870. The van der Waals surface area contributed by atoms with Crippen molar-refractivity contribution >= 4 is 21.4 Å². The molecule has 0 aromatic heterocycles. The molecule has 0 amide bonds. The number of piperazine rings is 1. The third-order valence-corrected chi connectivity index (χ3v) is 7.27. The maximum absolute atomic E-state index is 12.7. The van der Waals surface area contributed by atoms with Crippen LogP contribution < -0.4 is 4.90 Å². The van der Waals surface area contributed by atoms with Crippen molar-refractivity contribution in [3.05, 3.63) is 28.3 Å². The first-order valence-corrected chi connectivity index (χ1v) is 11.8. The van der Waals surface area contributed by atoms with E-state index in [0.717, 1.165) is 6.07 Å². The molecule has 9 nitrogen and oxygen atoms in total. The summed E-state index contributed by atoms with van der Waals surface area (Å²) in [6.07, 6.45) is -3.88. The van der Waals surface area contributed by atoms with E-state index >= 15 is 0 Å². The summed E-state index contributed by atoms with van der Waals surface area (Å²) >= 11 is 0. The molecule has 13 heteroatoms. The van der Waals surface area contributed by atoms with Gasteiger partial charge in [0.05, 0.1) is 9.82 Å². The van der Waals surface area contributed by atoms with Crippen LogP contribution in [0.5, 0.6) is 0 Å². The van der Waals surface area contributed by atoms with Gasteiger partial charge in [0.25, 0.3) is 5.69 Å². The highest BCUT2D eigenvalue weighted by Gasteiger charge is 2.29. The van der Waals surface area contributed by atoms with Gasteiger partial charge in [-0.15, -0.1) is 0 Å². The molecule has 0 aliphatic carbocycles. The van der Waals surface area contributed by atoms with E-state index in [-0.39, 0.29) is 30.3 Å². The van der Waals surface area contributed by atoms with E-state index in [1.807, 2.05) is 4.90 Å². The molecule has 1 aromatic carbocycles. The van der Waals surface area contributed by atoms with Crippen molar-refractivity contribution in [1.82, 2.24) is 9.21 Å². The normalized spacial score (nSPS) is 16.0. The van der Waals surface area contributed by atoms with Crippen LogP contribution in [-0.2, 0) is 14.8 Å².